The molecule has 0 bridgehead atoms. The van der Waals surface area contributed by atoms with E-state index in [1.165, 1.54) is 0 Å². The largest absolute Gasteiger partial charge is 0.384 e. The van der Waals surface area contributed by atoms with Gasteiger partial charge in [-0.2, -0.15) is 0 Å². The second-order valence-electron chi connectivity index (χ2n) is 8.24. The molecule has 0 saturated heterocycles. The molecule has 0 fully saturated rings. The maximum atomic E-state index is 7.63. The van der Waals surface area contributed by atoms with Crippen LogP contribution in [0.5, 0.6) is 0 Å². The van der Waals surface area contributed by atoms with E-state index < -0.39 is 0 Å². The number of fused-ring (bicyclic) bond motifs is 3. The number of aromatic nitrogens is 4. The summed E-state index contributed by atoms with van der Waals surface area (Å²) in [5.41, 5.74) is 17.8. The molecule has 0 aliphatic carbocycles. The zero-order chi connectivity index (χ0) is 23.4. The van der Waals surface area contributed by atoms with Crippen LogP contribution in [0.1, 0.15) is 11.1 Å². The van der Waals surface area contributed by atoms with Crippen LogP contribution in [-0.2, 0) is 0 Å². The van der Waals surface area contributed by atoms with Crippen LogP contribution in [0, 0.1) is 10.8 Å². The fourth-order valence-electron chi connectivity index (χ4n) is 4.17. The number of hydrogen-bond acceptors (Lipinski definition) is 4. The van der Waals surface area contributed by atoms with E-state index in [1.807, 2.05) is 36.4 Å². The van der Waals surface area contributed by atoms with Crippen molar-refractivity contribution >= 4 is 44.5 Å². The summed E-state index contributed by atoms with van der Waals surface area (Å²) in [6.07, 6.45) is 0. The Kier molecular flexibility index (Phi) is 4.21. The van der Waals surface area contributed by atoms with Gasteiger partial charge < -0.3 is 21.4 Å². The summed E-state index contributed by atoms with van der Waals surface area (Å²) in [6, 6.07) is 23.4. The van der Waals surface area contributed by atoms with Crippen LogP contribution in [-0.4, -0.2) is 31.6 Å². The van der Waals surface area contributed by atoms with Gasteiger partial charge in [-0.05, 0) is 59.3 Å². The first-order valence-electron chi connectivity index (χ1n) is 10.7. The van der Waals surface area contributed by atoms with E-state index in [0.29, 0.717) is 11.1 Å². The number of hydrogen-bond donors (Lipinski definition) is 6. The molecule has 0 aliphatic rings. The van der Waals surface area contributed by atoms with E-state index in [-0.39, 0.29) is 11.7 Å². The highest BCUT2D eigenvalue weighted by Gasteiger charge is 2.10. The molecule has 8 N–H and O–H groups in total. The van der Waals surface area contributed by atoms with Gasteiger partial charge in [0.25, 0.3) is 0 Å². The molecule has 0 spiro atoms. The van der Waals surface area contributed by atoms with Crippen LogP contribution in [0.15, 0.2) is 72.8 Å². The molecule has 0 aliphatic heterocycles. The molecule has 164 valence electrons. The number of imidazole rings is 2. The molecule has 0 amide bonds. The zero-order valence-electron chi connectivity index (χ0n) is 18.0. The van der Waals surface area contributed by atoms with E-state index in [0.717, 1.165) is 55.6 Å². The number of rotatable bonds is 4. The second-order valence-corrected chi connectivity index (χ2v) is 8.24. The highest BCUT2D eigenvalue weighted by molar-refractivity contribution is 5.99. The lowest BCUT2D eigenvalue weighted by molar-refractivity contribution is 1.33. The van der Waals surface area contributed by atoms with Crippen molar-refractivity contribution in [2.24, 2.45) is 11.5 Å². The normalized spacial score (nSPS) is 11.4. The van der Waals surface area contributed by atoms with Crippen molar-refractivity contribution in [3.05, 3.63) is 83.9 Å². The lowest BCUT2D eigenvalue weighted by Crippen LogP contribution is -2.10. The molecule has 0 radical (unpaired) electrons. The zero-order valence-corrected chi connectivity index (χ0v) is 18.0. The Hall–Kier alpha value is -4.98. The molecular weight excluding hydrogens is 424 g/mol. The molecule has 8 heteroatoms. The molecular formula is C26H20N8. The predicted molar refractivity (Wildman–Crippen MR) is 136 cm³/mol. The average Bonchev–Trinajstić information content (AvgIpc) is 3.46. The first kappa shape index (κ1) is 19.7. The molecule has 0 unspecified atom stereocenters. The second kappa shape index (κ2) is 7.28. The Morgan fingerprint density at radius 2 is 1.03 bits per heavy atom. The lowest BCUT2D eigenvalue weighted by Gasteiger charge is -2.04. The predicted octanol–water partition coefficient (Wildman–Crippen LogP) is 4.49. The minimum absolute atomic E-state index is 0.0308. The molecule has 0 atom stereocenters. The summed E-state index contributed by atoms with van der Waals surface area (Å²) in [6.45, 7) is 0. The van der Waals surface area contributed by atoms with Crippen LogP contribution in [0.2, 0.25) is 0 Å². The summed E-state index contributed by atoms with van der Waals surface area (Å²) in [4.78, 5) is 16.1. The SMILES string of the molecule is N=C(N)c1ccc2nc(-c3ccc4cc(-c5nc6ccc(C(=N)N)cc6[nH]5)ccc4c3)[nH]c2c1. The quantitative estimate of drug-likeness (QED) is 0.175. The van der Waals surface area contributed by atoms with Crippen molar-refractivity contribution < 1.29 is 0 Å². The number of nitrogen functional groups attached to an aromatic ring is 2. The van der Waals surface area contributed by atoms with Gasteiger partial charge in [0.2, 0.25) is 0 Å². The third kappa shape index (κ3) is 3.25. The molecule has 2 aromatic heterocycles. The number of nitrogens with one attached hydrogen (secondary N) is 4. The first-order chi connectivity index (χ1) is 16.4. The van der Waals surface area contributed by atoms with E-state index >= 15 is 0 Å². The van der Waals surface area contributed by atoms with Crippen molar-refractivity contribution in [2.75, 3.05) is 0 Å². The van der Waals surface area contributed by atoms with E-state index in [4.69, 9.17) is 32.3 Å². The highest BCUT2D eigenvalue weighted by atomic mass is 14.9. The summed E-state index contributed by atoms with van der Waals surface area (Å²) >= 11 is 0. The molecule has 6 aromatic rings. The Balaban J connectivity index is 1.37. The number of aromatic amines is 2. The first-order valence-corrected chi connectivity index (χ1v) is 10.7. The van der Waals surface area contributed by atoms with E-state index in [1.54, 1.807) is 12.1 Å². The molecule has 34 heavy (non-hydrogen) atoms. The van der Waals surface area contributed by atoms with Crippen molar-refractivity contribution in [3.63, 3.8) is 0 Å². The van der Waals surface area contributed by atoms with Crippen LogP contribution < -0.4 is 11.5 Å². The van der Waals surface area contributed by atoms with Gasteiger partial charge in [-0.1, -0.05) is 24.3 Å². The monoisotopic (exact) mass is 444 g/mol. The van der Waals surface area contributed by atoms with Gasteiger partial charge in [0.15, 0.2) is 0 Å². The Bertz CT molecular complexity index is 1640. The van der Waals surface area contributed by atoms with Crippen molar-refractivity contribution in [2.45, 2.75) is 0 Å². The van der Waals surface area contributed by atoms with Crippen molar-refractivity contribution in [3.8, 4) is 22.8 Å². The van der Waals surface area contributed by atoms with Gasteiger partial charge in [-0.15, -0.1) is 0 Å². The maximum Gasteiger partial charge on any atom is 0.138 e. The number of H-pyrrole nitrogens is 2. The van der Waals surface area contributed by atoms with Gasteiger partial charge in [0.1, 0.15) is 23.3 Å². The van der Waals surface area contributed by atoms with Crippen LogP contribution in [0.3, 0.4) is 0 Å². The Morgan fingerprint density at radius 1 is 0.588 bits per heavy atom. The van der Waals surface area contributed by atoms with Gasteiger partial charge in [-0.25, -0.2) is 9.97 Å². The topological polar surface area (TPSA) is 157 Å². The Labute approximate surface area is 193 Å². The molecule has 2 heterocycles. The highest BCUT2D eigenvalue weighted by Crippen LogP contribution is 2.29. The van der Waals surface area contributed by atoms with Gasteiger partial charge in [-0.3, -0.25) is 10.8 Å². The fourth-order valence-corrected chi connectivity index (χ4v) is 4.17. The molecule has 8 nitrogen and oxygen atoms in total. The number of nitrogens with two attached hydrogens (primary N) is 2. The molecule has 4 aromatic carbocycles. The summed E-state index contributed by atoms with van der Waals surface area (Å²) in [5, 5.41) is 17.4. The number of amidine groups is 2. The van der Waals surface area contributed by atoms with Crippen LogP contribution in [0.4, 0.5) is 0 Å². The minimum atomic E-state index is 0.0308. The maximum absolute atomic E-state index is 7.63. The van der Waals surface area contributed by atoms with Crippen LogP contribution in [0.25, 0.3) is 55.6 Å². The molecule has 6 rings (SSSR count). The smallest absolute Gasteiger partial charge is 0.138 e. The summed E-state index contributed by atoms with van der Waals surface area (Å²) < 4.78 is 0. The van der Waals surface area contributed by atoms with E-state index in [9.17, 15) is 0 Å². The Morgan fingerprint density at radius 3 is 1.44 bits per heavy atom. The van der Waals surface area contributed by atoms with Gasteiger partial charge in [0, 0.05) is 22.3 Å². The van der Waals surface area contributed by atoms with E-state index in [2.05, 4.69) is 34.2 Å². The van der Waals surface area contributed by atoms with Crippen molar-refractivity contribution in [1.82, 2.24) is 19.9 Å². The number of benzene rings is 4. The third-order valence-corrected chi connectivity index (χ3v) is 5.97. The summed E-state index contributed by atoms with van der Waals surface area (Å²) in [5.74, 6) is 1.59. The summed E-state index contributed by atoms with van der Waals surface area (Å²) in [7, 11) is 0. The third-order valence-electron chi connectivity index (χ3n) is 5.97. The fraction of sp³-hybridized carbons (Fsp3) is 0. The van der Waals surface area contributed by atoms with Crippen LogP contribution >= 0.6 is 0 Å². The van der Waals surface area contributed by atoms with Crippen molar-refractivity contribution in [1.29, 1.82) is 10.8 Å². The molecule has 0 saturated carbocycles. The van der Waals surface area contributed by atoms with Gasteiger partial charge >= 0.3 is 0 Å². The average molecular weight is 445 g/mol. The minimum Gasteiger partial charge on any atom is -0.384 e. The standard InChI is InChI=1S/C26H20N8/c27-23(28)15-5-7-19-21(11-15)33-25(31-19)17-3-1-13-9-18(4-2-14(13)10-17)26-32-20-8-6-16(24(29)30)12-22(20)34-26/h1-12H,(H3,27,28)(H3,29,30)(H,31,33)(H,32,34). The van der Waals surface area contributed by atoms with Gasteiger partial charge in [0.05, 0.1) is 22.1 Å². The number of nitrogens with zero attached hydrogens (tertiary/aromatic N) is 2. The lowest BCUT2D eigenvalue weighted by atomic mass is 10.0.